The SMILES string of the molecule is [N-]=[N+]=NCC1CC(=O)N(c2ccccc2OCC(F)F)C1. The van der Waals surface area contributed by atoms with Gasteiger partial charge in [-0.25, -0.2) is 8.78 Å². The number of ether oxygens (including phenoxy) is 1. The largest absolute Gasteiger partial charge is 0.485 e. The maximum Gasteiger partial charge on any atom is 0.272 e. The van der Waals surface area contributed by atoms with Crippen molar-refractivity contribution in [3.05, 3.63) is 34.7 Å². The van der Waals surface area contributed by atoms with E-state index in [0.717, 1.165) is 0 Å². The zero-order valence-corrected chi connectivity index (χ0v) is 11.2. The molecule has 0 spiro atoms. The van der Waals surface area contributed by atoms with Gasteiger partial charge in [0, 0.05) is 24.4 Å². The summed E-state index contributed by atoms with van der Waals surface area (Å²) in [6, 6.07) is 6.56. The average molecular weight is 296 g/mol. The molecule has 1 saturated heterocycles. The average Bonchev–Trinajstić information content (AvgIpc) is 2.84. The van der Waals surface area contributed by atoms with Crippen LogP contribution in [0.4, 0.5) is 14.5 Å². The molecule has 0 aliphatic carbocycles. The molecule has 1 heterocycles. The standard InChI is InChI=1S/C13H14F2N4O2/c14-12(15)8-21-11-4-2-1-3-10(11)19-7-9(5-13(19)20)6-17-18-16/h1-4,9,12H,5-8H2. The molecule has 0 radical (unpaired) electrons. The van der Waals surface area contributed by atoms with Gasteiger partial charge >= 0.3 is 0 Å². The molecule has 1 amide bonds. The van der Waals surface area contributed by atoms with E-state index in [1.165, 1.54) is 4.90 Å². The minimum atomic E-state index is -2.58. The zero-order valence-electron chi connectivity index (χ0n) is 11.2. The fourth-order valence-corrected chi connectivity index (χ4v) is 2.24. The molecule has 1 aromatic rings. The molecule has 1 unspecified atom stereocenters. The number of anilines is 1. The quantitative estimate of drug-likeness (QED) is 0.459. The van der Waals surface area contributed by atoms with E-state index in [1.807, 2.05) is 0 Å². The third kappa shape index (κ3) is 3.82. The van der Waals surface area contributed by atoms with Gasteiger partial charge in [-0.1, -0.05) is 17.2 Å². The van der Waals surface area contributed by atoms with Gasteiger partial charge in [0.05, 0.1) is 5.69 Å². The summed E-state index contributed by atoms with van der Waals surface area (Å²) in [5.41, 5.74) is 8.77. The highest BCUT2D eigenvalue weighted by molar-refractivity contribution is 5.97. The van der Waals surface area contributed by atoms with E-state index in [0.29, 0.717) is 12.2 Å². The normalized spacial score (nSPS) is 18.0. The van der Waals surface area contributed by atoms with Crippen molar-refractivity contribution in [2.75, 3.05) is 24.6 Å². The summed E-state index contributed by atoms with van der Waals surface area (Å²) < 4.78 is 29.6. The maximum atomic E-state index is 12.3. The molecule has 8 heteroatoms. The molecular formula is C13H14F2N4O2. The highest BCUT2D eigenvalue weighted by Crippen LogP contribution is 2.33. The van der Waals surface area contributed by atoms with Crippen LogP contribution in [-0.2, 0) is 4.79 Å². The first-order valence-electron chi connectivity index (χ1n) is 6.43. The maximum absolute atomic E-state index is 12.3. The van der Waals surface area contributed by atoms with Crippen LogP contribution in [0.5, 0.6) is 5.75 Å². The second-order valence-corrected chi connectivity index (χ2v) is 4.66. The topological polar surface area (TPSA) is 78.3 Å². The lowest BCUT2D eigenvalue weighted by atomic mass is 10.1. The predicted octanol–water partition coefficient (Wildman–Crippen LogP) is 2.99. The van der Waals surface area contributed by atoms with Gasteiger partial charge < -0.3 is 9.64 Å². The summed E-state index contributed by atoms with van der Waals surface area (Å²) in [7, 11) is 0. The van der Waals surface area contributed by atoms with Crippen LogP contribution in [0.15, 0.2) is 29.4 Å². The zero-order chi connectivity index (χ0) is 15.2. The first-order chi connectivity index (χ1) is 10.1. The third-order valence-corrected chi connectivity index (χ3v) is 3.13. The minimum absolute atomic E-state index is 0.0726. The first kappa shape index (κ1) is 15.1. The van der Waals surface area contributed by atoms with Crippen molar-refractivity contribution in [2.24, 2.45) is 11.0 Å². The van der Waals surface area contributed by atoms with Crippen LogP contribution in [0.1, 0.15) is 6.42 Å². The molecule has 112 valence electrons. The third-order valence-electron chi connectivity index (χ3n) is 3.13. The van der Waals surface area contributed by atoms with Gasteiger partial charge in [-0.2, -0.15) is 0 Å². The van der Waals surface area contributed by atoms with Crippen LogP contribution in [0.2, 0.25) is 0 Å². The number of para-hydroxylation sites is 2. The van der Waals surface area contributed by atoms with Crippen LogP contribution < -0.4 is 9.64 Å². The number of benzene rings is 1. The molecule has 0 N–H and O–H groups in total. The highest BCUT2D eigenvalue weighted by atomic mass is 19.3. The Hall–Kier alpha value is -2.34. The Labute approximate surface area is 119 Å². The number of rotatable bonds is 6. The molecule has 6 nitrogen and oxygen atoms in total. The Balaban J connectivity index is 2.14. The van der Waals surface area contributed by atoms with Crippen LogP contribution in [0, 0.1) is 5.92 Å². The van der Waals surface area contributed by atoms with Crippen molar-refractivity contribution in [3.8, 4) is 5.75 Å². The molecule has 2 rings (SSSR count). The molecule has 1 aliphatic heterocycles. The molecule has 0 saturated carbocycles. The Morgan fingerprint density at radius 2 is 2.24 bits per heavy atom. The first-order valence-corrected chi connectivity index (χ1v) is 6.43. The van der Waals surface area contributed by atoms with E-state index in [-0.39, 0.29) is 30.5 Å². The Morgan fingerprint density at radius 1 is 1.48 bits per heavy atom. The van der Waals surface area contributed by atoms with Gasteiger partial charge in [0.15, 0.2) is 0 Å². The molecular weight excluding hydrogens is 282 g/mol. The van der Waals surface area contributed by atoms with E-state index >= 15 is 0 Å². The molecule has 0 bridgehead atoms. The summed E-state index contributed by atoms with van der Waals surface area (Å²) in [4.78, 5) is 16.2. The van der Waals surface area contributed by atoms with Gasteiger partial charge in [0.25, 0.3) is 6.43 Å². The van der Waals surface area contributed by atoms with Gasteiger partial charge in [-0.3, -0.25) is 4.79 Å². The van der Waals surface area contributed by atoms with E-state index in [4.69, 9.17) is 10.3 Å². The van der Waals surface area contributed by atoms with Crippen molar-refractivity contribution in [2.45, 2.75) is 12.8 Å². The van der Waals surface area contributed by atoms with E-state index in [9.17, 15) is 13.6 Å². The van der Waals surface area contributed by atoms with Crippen molar-refractivity contribution in [3.63, 3.8) is 0 Å². The number of alkyl halides is 2. The smallest absolute Gasteiger partial charge is 0.272 e. The molecule has 1 fully saturated rings. The Bertz CT molecular complexity index is 561. The lowest BCUT2D eigenvalue weighted by Crippen LogP contribution is -2.25. The highest BCUT2D eigenvalue weighted by Gasteiger charge is 2.31. The number of carbonyl (C=O) groups is 1. The van der Waals surface area contributed by atoms with Crippen LogP contribution in [-0.4, -0.2) is 32.0 Å². The Morgan fingerprint density at radius 3 is 2.95 bits per heavy atom. The molecule has 1 aromatic carbocycles. The lowest BCUT2D eigenvalue weighted by molar-refractivity contribution is -0.117. The Kier molecular flexibility index (Phi) is 4.94. The number of azide groups is 1. The summed E-state index contributed by atoms with van der Waals surface area (Å²) in [6.45, 7) is -0.104. The number of hydrogen-bond donors (Lipinski definition) is 0. The summed E-state index contributed by atoms with van der Waals surface area (Å²) in [5.74, 6) is 0.0355. The summed E-state index contributed by atoms with van der Waals surface area (Å²) >= 11 is 0. The van der Waals surface area contributed by atoms with Crippen LogP contribution in [0.25, 0.3) is 10.4 Å². The van der Waals surface area contributed by atoms with Gasteiger partial charge in [0.1, 0.15) is 12.4 Å². The number of amides is 1. The van der Waals surface area contributed by atoms with Crippen molar-refractivity contribution < 1.29 is 18.3 Å². The van der Waals surface area contributed by atoms with Gasteiger partial charge in [-0.15, -0.1) is 0 Å². The monoisotopic (exact) mass is 296 g/mol. The minimum Gasteiger partial charge on any atom is -0.485 e. The molecule has 1 aliphatic rings. The van der Waals surface area contributed by atoms with Crippen molar-refractivity contribution >= 4 is 11.6 Å². The molecule has 0 aromatic heterocycles. The van der Waals surface area contributed by atoms with Crippen LogP contribution >= 0.6 is 0 Å². The fraction of sp³-hybridized carbons (Fsp3) is 0.462. The van der Waals surface area contributed by atoms with Gasteiger partial charge in [0.2, 0.25) is 5.91 Å². The molecule has 21 heavy (non-hydrogen) atoms. The number of hydrogen-bond acceptors (Lipinski definition) is 3. The second kappa shape index (κ2) is 6.90. The number of nitrogens with zero attached hydrogens (tertiary/aromatic N) is 4. The second-order valence-electron chi connectivity index (χ2n) is 4.66. The molecule has 1 atom stereocenters. The van der Waals surface area contributed by atoms with E-state index in [1.54, 1.807) is 24.3 Å². The van der Waals surface area contributed by atoms with Crippen molar-refractivity contribution in [1.82, 2.24) is 0 Å². The summed E-state index contributed by atoms with van der Waals surface area (Å²) in [6.07, 6.45) is -2.31. The number of carbonyl (C=O) groups excluding carboxylic acids is 1. The summed E-state index contributed by atoms with van der Waals surface area (Å²) in [5, 5.41) is 3.47. The van der Waals surface area contributed by atoms with E-state index < -0.39 is 13.0 Å². The van der Waals surface area contributed by atoms with E-state index in [2.05, 4.69) is 10.0 Å². The van der Waals surface area contributed by atoms with Gasteiger partial charge in [-0.05, 0) is 23.6 Å². The predicted molar refractivity (Wildman–Crippen MR) is 72.4 cm³/mol. The van der Waals surface area contributed by atoms with Crippen molar-refractivity contribution in [1.29, 1.82) is 0 Å². The lowest BCUT2D eigenvalue weighted by Gasteiger charge is -2.20. The fourth-order valence-electron chi connectivity index (χ4n) is 2.24. The number of halogens is 2. The van der Waals surface area contributed by atoms with Crippen LogP contribution in [0.3, 0.4) is 0 Å².